The van der Waals surface area contributed by atoms with Crippen molar-refractivity contribution in [2.75, 3.05) is 25.1 Å². The van der Waals surface area contributed by atoms with E-state index in [1.165, 1.54) is 0 Å². The molecule has 0 atom stereocenters. The fourth-order valence-corrected chi connectivity index (χ4v) is 1.97. The Balaban J connectivity index is 2.39. The van der Waals surface area contributed by atoms with Crippen molar-refractivity contribution >= 4 is 23.0 Å². The number of hydrogen-bond donors (Lipinski definition) is 2. The molecule has 0 radical (unpaired) electrons. The molecule has 0 heterocycles. The minimum Gasteiger partial charge on any atom is -0.399 e. The van der Waals surface area contributed by atoms with Gasteiger partial charge < -0.3 is 16.0 Å². The van der Waals surface area contributed by atoms with Crippen LogP contribution in [0.5, 0.6) is 0 Å². The summed E-state index contributed by atoms with van der Waals surface area (Å²) in [5.74, 6) is -0.0554. The van der Waals surface area contributed by atoms with Crippen LogP contribution in [-0.2, 0) is 0 Å². The molecule has 0 aromatic heterocycles. The number of carbonyl (C=O) groups excluding carboxylic acids is 1. The fraction of sp³-hybridized carbons (Fsp3) is 0.188. The van der Waals surface area contributed by atoms with Crippen LogP contribution in [0.1, 0.15) is 15.9 Å². The first-order valence-electron chi connectivity index (χ1n) is 6.42. The summed E-state index contributed by atoms with van der Waals surface area (Å²) >= 11 is 0. The Bertz CT molecular complexity index is 635. The molecule has 104 valence electrons. The molecule has 0 aliphatic rings. The lowest BCUT2D eigenvalue weighted by Gasteiger charge is -2.16. The van der Waals surface area contributed by atoms with E-state index in [0.717, 1.165) is 11.3 Å². The second-order valence-electron chi connectivity index (χ2n) is 5.00. The first-order chi connectivity index (χ1) is 9.47. The van der Waals surface area contributed by atoms with Crippen LogP contribution < -0.4 is 11.1 Å². The number of nitrogen functional groups attached to an aromatic ring is 1. The van der Waals surface area contributed by atoms with Gasteiger partial charge in [0.05, 0.1) is 11.3 Å². The third-order valence-electron chi connectivity index (χ3n) is 2.98. The summed E-state index contributed by atoms with van der Waals surface area (Å²) in [5.41, 5.74) is 9.85. The number of amides is 1. The van der Waals surface area contributed by atoms with Crippen LogP contribution in [0.3, 0.4) is 0 Å². The first-order valence-corrected chi connectivity index (χ1v) is 6.42. The summed E-state index contributed by atoms with van der Waals surface area (Å²) in [6.07, 6.45) is 0. The molecule has 0 aliphatic carbocycles. The lowest BCUT2D eigenvalue weighted by atomic mass is 10.1. The number of carbonyl (C=O) groups is 1. The number of nitrogens with two attached hydrogens (primary N) is 1. The molecule has 2 aromatic rings. The van der Waals surface area contributed by atoms with Gasteiger partial charge in [-0.15, -0.1) is 0 Å². The largest absolute Gasteiger partial charge is 0.399 e. The molecule has 1 amide bonds. The van der Waals surface area contributed by atoms with E-state index in [-0.39, 0.29) is 5.91 Å². The van der Waals surface area contributed by atoms with Crippen molar-refractivity contribution in [3.8, 4) is 0 Å². The predicted octanol–water partition coefficient (Wildman–Crippen LogP) is 3.02. The first kappa shape index (κ1) is 13.9. The van der Waals surface area contributed by atoms with Crippen LogP contribution >= 0.6 is 0 Å². The molecule has 4 nitrogen and oxygen atoms in total. The highest BCUT2D eigenvalue weighted by Gasteiger charge is 2.13. The quantitative estimate of drug-likeness (QED) is 0.842. The highest BCUT2D eigenvalue weighted by molar-refractivity contribution is 6.00. The van der Waals surface area contributed by atoms with Crippen LogP contribution in [0.2, 0.25) is 0 Å². The maximum absolute atomic E-state index is 12.2. The Labute approximate surface area is 119 Å². The van der Waals surface area contributed by atoms with Gasteiger partial charge in [-0.1, -0.05) is 12.1 Å². The summed E-state index contributed by atoms with van der Waals surface area (Å²) < 4.78 is 0. The van der Waals surface area contributed by atoms with Crippen molar-refractivity contribution in [1.82, 2.24) is 4.90 Å². The zero-order valence-electron chi connectivity index (χ0n) is 12.0. The molecule has 0 saturated carbocycles. The van der Waals surface area contributed by atoms with Crippen LogP contribution in [-0.4, -0.2) is 24.9 Å². The van der Waals surface area contributed by atoms with Crippen molar-refractivity contribution in [3.05, 3.63) is 53.6 Å². The highest BCUT2D eigenvalue weighted by Crippen LogP contribution is 2.25. The van der Waals surface area contributed by atoms with Crippen LogP contribution in [0, 0.1) is 6.92 Å². The molecule has 2 aromatic carbocycles. The molecular weight excluding hydrogens is 250 g/mol. The van der Waals surface area contributed by atoms with Crippen molar-refractivity contribution in [1.29, 1.82) is 0 Å². The van der Waals surface area contributed by atoms with Gasteiger partial charge in [-0.2, -0.15) is 0 Å². The third kappa shape index (κ3) is 3.09. The molecule has 0 bridgehead atoms. The van der Waals surface area contributed by atoms with Crippen molar-refractivity contribution in [3.63, 3.8) is 0 Å². The summed E-state index contributed by atoms with van der Waals surface area (Å²) in [6.45, 7) is 2.02. The lowest BCUT2D eigenvalue weighted by molar-refractivity contribution is 0.0828. The van der Waals surface area contributed by atoms with Gasteiger partial charge in [0.25, 0.3) is 5.91 Å². The van der Waals surface area contributed by atoms with E-state index in [2.05, 4.69) is 5.32 Å². The van der Waals surface area contributed by atoms with Gasteiger partial charge in [0.2, 0.25) is 0 Å². The predicted molar refractivity (Wildman–Crippen MR) is 83.3 cm³/mol. The van der Waals surface area contributed by atoms with E-state index in [1.807, 2.05) is 31.2 Å². The Morgan fingerprint density at radius 3 is 2.55 bits per heavy atom. The third-order valence-corrected chi connectivity index (χ3v) is 2.98. The van der Waals surface area contributed by atoms with E-state index in [9.17, 15) is 4.79 Å². The van der Waals surface area contributed by atoms with E-state index in [1.54, 1.807) is 37.2 Å². The molecule has 0 fully saturated rings. The van der Waals surface area contributed by atoms with Gasteiger partial charge in [-0.05, 0) is 42.8 Å². The van der Waals surface area contributed by atoms with Crippen LogP contribution in [0.15, 0.2) is 42.5 Å². The summed E-state index contributed by atoms with van der Waals surface area (Å²) in [4.78, 5) is 13.7. The van der Waals surface area contributed by atoms with E-state index < -0.39 is 0 Å². The van der Waals surface area contributed by atoms with E-state index in [4.69, 9.17) is 5.73 Å². The van der Waals surface area contributed by atoms with Crippen molar-refractivity contribution in [2.24, 2.45) is 0 Å². The van der Waals surface area contributed by atoms with E-state index in [0.29, 0.717) is 16.9 Å². The van der Waals surface area contributed by atoms with Gasteiger partial charge in [-0.25, -0.2) is 0 Å². The topological polar surface area (TPSA) is 58.4 Å². The summed E-state index contributed by atoms with van der Waals surface area (Å²) in [7, 11) is 3.46. The number of hydrogen-bond acceptors (Lipinski definition) is 3. The van der Waals surface area contributed by atoms with Gasteiger partial charge in [0.15, 0.2) is 0 Å². The van der Waals surface area contributed by atoms with Crippen LogP contribution in [0.25, 0.3) is 0 Å². The average molecular weight is 269 g/mol. The molecule has 0 spiro atoms. The zero-order chi connectivity index (χ0) is 14.7. The van der Waals surface area contributed by atoms with Gasteiger partial charge in [0, 0.05) is 25.5 Å². The van der Waals surface area contributed by atoms with Crippen molar-refractivity contribution < 1.29 is 4.79 Å². The van der Waals surface area contributed by atoms with Gasteiger partial charge in [-0.3, -0.25) is 4.79 Å². The normalized spacial score (nSPS) is 10.2. The number of anilines is 3. The Morgan fingerprint density at radius 2 is 1.90 bits per heavy atom. The molecule has 4 heteroatoms. The van der Waals surface area contributed by atoms with E-state index >= 15 is 0 Å². The average Bonchev–Trinajstić information content (AvgIpc) is 2.38. The molecule has 20 heavy (non-hydrogen) atoms. The maximum Gasteiger partial charge on any atom is 0.255 e. The molecular formula is C16H19N3O. The molecule has 3 N–H and O–H groups in total. The molecule has 0 aliphatic heterocycles. The summed E-state index contributed by atoms with van der Waals surface area (Å²) in [6, 6.07) is 13.2. The summed E-state index contributed by atoms with van der Waals surface area (Å²) in [5, 5.41) is 3.26. The Hall–Kier alpha value is -2.49. The molecule has 2 rings (SSSR count). The minimum absolute atomic E-state index is 0.0554. The minimum atomic E-state index is -0.0554. The maximum atomic E-state index is 12.2. The number of aryl methyl sites for hydroxylation is 1. The second-order valence-corrected chi connectivity index (χ2v) is 5.00. The number of rotatable bonds is 3. The van der Waals surface area contributed by atoms with Gasteiger partial charge >= 0.3 is 0 Å². The smallest absolute Gasteiger partial charge is 0.255 e. The highest BCUT2D eigenvalue weighted by atomic mass is 16.2. The van der Waals surface area contributed by atoms with Crippen molar-refractivity contribution in [2.45, 2.75) is 6.92 Å². The number of benzene rings is 2. The molecule has 0 saturated heterocycles. The standard InChI is InChI=1S/C16H19N3O/c1-11-5-4-6-13(9-11)18-15-10-12(17)7-8-14(15)16(20)19(2)3/h4-10,18H,17H2,1-3H3. The lowest BCUT2D eigenvalue weighted by Crippen LogP contribution is -2.22. The second kappa shape index (κ2) is 5.65. The van der Waals surface area contributed by atoms with Crippen LogP contribution in [0.4, 0.5) is 17.1 Å². The number of nitrogens with one attached hydrogen (secondary N) is 1. The molecule has 0 unspecified atom stereocenters. The number of nitrogens with zero attached hydrogens (tertiary/aromatic N) is 1. The monoisotopic (exact) mass is 269 g/mol. The zero-order valence-corrected chi connectivity index (χ0v) is 12.0. The SMILES string of the molecule is Cc1cccc(Nc2cc(N)ccc2C(=O)N(C)C)c1. The Kier molecular flexibility index (Phi) is 3.94. The Morgan fingerprint density at radius 1 is 1.15 bits per heavy atom. The van der Waals surface area contributed by atoms with Gasteiger partial charge in [0.1, 0.15) is 0 Å². The fourth-order valence-electron chi connectivity index (χ4n) is 1.97.